The highest BCUT2D eigenvalue weighted by atomic mass is 127. The number of pyridine rings is 1. The average molecular weight is 312 g/mol. The molecule has 2 aromatic rings. The average Bonchev–Trinajstić information content (AvgIpc) is 2.65. The zero-order chi connectivity index (χ0) is 9.97. The fraction of sp³-hybridized carbons (Fsp3) is 0. The SMILES string of the molecule is N#Cc1cncc(-c2ccc(I)s2)c1. The highest BCUT2D eigenvalue weighted by Crippen LogP contribution is 2.28. The number of nitrogens with zero attached hydrogens (tertiary/aromatic N) is 2. The molecule has 0 saturated carbocycles. The maximum absolute atomic E-state index is 8.73. The Morgan fingerprint density at radius 3 is 2.86 bits per heavy atom. The normalized spacial score (nSPS) is 9.71. The van der Waals surface area contributed by atoms with Gasteiger partial charge in [0.1, 0.15) is 6.07 Å². The van der Waals surface area contributed by atoms with E-state index in [1.807, 2.05) is 12.1 Å². The number of hydrogen-bond donors (Lipinski definition) is 0. The van der Waals surface area contributed by atoms with Crippen molar-refractivity contribution >= 4 is 33.9 Å². The first-order chi connectivity index (χ1) is 6.79. The zero-order valence-corrected chi connectivity index (χ0v) is 10.0. The van der Waals surface area contributed by atoms with Crippen LogP contribution in [0.1, 0.15) is 5.56 Å². The number of hydrogen-bond acceptors (Lipinski definition) is 3. The monoisotopic (exact) mass is 312 g/mol. The summed E-state index contributed by atoms with van der Waals surface area (Å²) in [5, 5.41) is 8.73. The van der Waals surface area contributed by atoms with Gasteiger partial charge in [-0.1, -0.05) is 0 Å². The van der Waals surface area contributed by atoms with Crippen molar-refractivity contribution in [3.8, 4) is 16.5 Å². The number of thiophene rings is 1. The fourth-order valence-electron chi connectivity index (χ4n) is 1.11. The second kappa shape index (κ2) is 4.07. The van der Waals surface area contributed by atoms with Gasteiger partial charge in [-0.05, 0) is 40.8 Å². The van der Waals surface area contributed by atoms with E-state index in [1.54, 1.807) is 23.7 Å². The van der Waals surface area contributed by atoms with Crippen LogP contribution in [0.25, 0.3) is 10.4 Å². The third-order valence-corrected chi connectivity index (χ3v) is 3.67. The lowest BCUT2D eigenvalue weighted by Gasteiger charge is -1.95. The predicted molar refractivity (Wildman–Crippen MR) is 65.0 cm³/mol. The van der Waals surface area contributed by atoms with Gasteiger partial charge in [0.25, 0.3) is 0 Å². The minimum atomic E-state index is 0.603. The summed E-state index contributed by atoms with van der Waals surface area (Å²) >= 11 is 3.98. The molecular formula is C10H5IN2S. The van der Waals surface area contributed by atoms with Crippen LogP contribution in [0.15, 0.2) is 30.6 Å². The van der Waals surface area contributed by atoms with Crippen LogP contribution < -0.4 is 0 Å². The van der Waals surface area contributed by atoms with Gasteiger partial charge in [0.05, 0.1) is 8.45 Å². The lowest BCUT2D eigenvalue weighted by atomic mass is 10.2. The summed E-state index contributed by atoms with van der Waals surface area (Å²) in [4.78, 5) is 5.17. The topological polar surface area (TPSA) is 36.7 Å². The summed E-state index contributed by atoms with van der Waals surface area (Å²) in [6, 6.07) is 8.04. The maximum Gasteiger partial charge on any atom is 0.101 e. The van der Waals surface area contributed by atoms with Crippen LogP contribution >= 0.6 is 33.9 Å². The Morgan fingerprint density at radius 1 is 1.36 bits per heavy atom. The van der Waals surface area contributed by atoms with Crippen LogP contribution in [0.5, 0.6) is 0 Å². The van der Waals surface area contributed by atoms with Gasteiger partial charge >= 0.3 is 0 Å². The van der Waals surface area contributed by atoms with Gasteiger partial charge in [0.15, 0.2) is 0 Å². The molecule has 0 bridgehead atoms. The van der Waals surface area contributed by atoms with Crippen molar-refractivity contribution in [1.29, 1.82) is 5.26 Å². The third-order valence-electron chi connectivity index (χ3n) is 1.73. The first-order valence-electron chi connectivity index (χ1n) is 3.90. The summed E-state index contributed by atoms with van der Waals surface area (Å²) in [7, 11) is 0. The van der Waals surface area contributed by atoms with Crippen molar-refractivity contribution in [3.05, 3.63) is 39.0 Å². The van der Waals surface area contributed by atoms with Gasteiger partial charge in [-0.25, -0.2) is 0 Å². The minimum absolute atomic E-state index is 0.603. The molecule has 0 radical (unpaired) electrons. The molecule has 2 rings (SSSR count). The van der Waals surface area contributed by atoms with Crippen molar-refractivity contribution in [1.82, 2.24) is 4.98 Å². The van der Waals surface area contributed by atoms with E-state index in [0.29, 0.717) is 5.56 Å². The van der Waals surface area contributed by atoms with Gasteiger partial charge in [-0.2, -0.15) is 5.26 Å². The molecular weight excluding hydrogens is 307 g/mol. The third kappa shape index (κ3) is 1.94. The number of rotatable bonds is 1. The lowest BCUT2D eigenvalue weighted by molar-refractivity contribution is 1.31. The summed E-state index contributed by atoms with van der Waals surface area (Å²) in [5.74, 6) is 0. The highest BCUT2D eigenvalue weighted by Gasteiger charge is 2.02. The number of halogens is 1. The van der Waals surface area contributed by atoms with Crippen LogP contribution in [-0.4, -0.2) is 4.98 Å². The molecule has 0 atom stereocenters. The Balaban J connectivity index is 2.47. The van der Waals surface area contributed by atoms with E-state index in [9.17, 15) is 0 Å². The fourth-order valence-corrected chi connectivity index (χ4v) is 2.71. The van der Waals surface area contributed by atoms with Crippen LogP contribution in [0.2, 0.25) is 0 Å². The zero-order valence-electron chi connectivity index (χ0n) is 7.07. The number of aromatic nitrogens is 1. The molecule has 68 valence electrons. The smallest absolute Gasteiger partial charge is 0.101 e. The standard InChI is InChI=1S/C10H5IN2S/c11-10-2-1-9(14-10)8-3-7(4-12)5-13-6-8/h1-3,5-6H. The Bertz CT molecular complexity index is 499. The maximum atomic E-state index is 8.73. The molecule has 0 saturated heterocycles. The number of nitriles is 1. The van der Waals surface area contributed by atoms with Crippen molar-refractivity contribution in [3.63, 3.8) is 0 Å². The summed E-state index contributed by atoms with van der Waals surface area (Å²) in [5.41, 5.74) is 1.61. The van der Waals surface area contributed by atoms with Crippen LogP contribution in [0, 0.1) is 14.2 Å². The summed E-state index contributed by atoms with van der Waals surface area (Å²) in [6.07, 6.45) is 3.35. The molecule has 2 aromatic heterocycles. The van der Waals surface area contributed by atoms with E-state index in [0.717, 1.165) is 10.4 Å². The second-order valence-corrected chi connectivity index (χ2v) is 5.66. The van der Waals surface area contributed by atoms with E-state index in [4.69, 9.17) is 5.26 Å². The molecule has 0 aliphatic heterocycles. The molecule has 0 aliphatic rings. The van der Waals surface area contributed by atoms with E-state index < -0.39 is 0 Å². The Hall–Kier alpha value is -0.930. The first-order valence-corrected chi connectivity index (χ1v) is 5.80. The van der Waals surface area contributed by atoms with Gasteiger partial charge < -0.3 is 0 Å². The largest absolute Gasteiger partial charge is 0.263 e. The Kier molecular flexibility index (Phi) is 2.79. The summed E-state index contributed by atoms with van der Waals surface area (Å²) < 4.78 is 1.24. The quantitative estimate of drug-likeness (QED) is 0.758. The molecule has 2 nitrogen and oxygen atoms in total. The Morgan fingerprint density at radius 2 is 2.21 bits per heavy atom. The van der Waals surface area contributed by atoms with Crippen molar-refractivity contribution in [2.24, 2.45) is 0 Å². The molecule has 0 spiro atoms. The molecule has 0 fully saturated rings. The summed E-state index contributed by atoms with van der Waals surface area (Å²) in [6.45, 7) is 0. The highest BCUT2D eigenvalue weighted by molar-refractivity contribution is 14.1. The molecule has 0 N–H and O–H groups in total. The van der Waals surface area contributed by atoms with E-state index in [2.05, 4.69) is 39.7 Å². The molecule has 0 aromatic carbocycles. The van der Waals surface area contributed by atoms with Crippen LogP contribution in [0.4, 0.5) is 0 Å². The van der Waals surface area contributed by atoms with Crippen LogP contribution in [0.3, 0.4) is 0 Å². The van der Waals surface area contributed by atoms with Gasteiger partial charge in [0, 0.05) is 22.8 Å². The molecule has 0 unspecified atom stereocenters. The van der Waals surface area contributed by atoms with Crippen molar-refractivity contribution in [2.75, 3.05) is 0 Å². The van der Waals surface area contributed by atoms with E-state index in [-0.39, 0.29) is 0 Å². The lowest BCUT2D eigenvalue weighted by Crippen LogP contribution is -1.79. The second-order valence-electron chi connectivity index (χ2n) is 2.68. The molecule has 0 aliphatic carbocycles. The van der Waals surface area contributed by atoms with Crippen molar-refractivity contribution in [2.45, 2.75) is 0 Å². The molecule has 0 amide bonds. The first kappa shape index (κ1) is 9.62. The van der Waals surface area contributed by atoms with E-state index >= 15 is 0 Å². The van der Waals surface area contributed by atoms with Gasteiger partial charge in [0.2, 0.25) is 0 Å². The van der Waals surface area contributed by atoms with E-state index in [1.165, 1.54) is 2.88 Å². The molecule has 14 heavy (non-hydrogen) atoms. The molecule has 2 heterocycles. The van der Waals surface area contributed by atoms with Crippen molar-refractivity contribution < 1.29 is 0 Å². The van der Waals surface area contributed by atoms with Gasteiger partial charge in [-0.15, -0.1) is 11.3 Å². The Labute approximate surface area is 99.4 Å². The predicted octanol–water partition coefficient (Wildman–Crippen LogP) is 3.29. The van der Waals surface area contributed by atoms with Crippen LogP contribution in [-0.2, 0) is 0 Å². The molecule has 4 heteroatoms. The minimum Gasteiger partial charge on any atom is -0.263 e. The van der Waals surface area contributed by atoms with Gasteiger partial charge in [-0.3, -0.25) is 4.98 Å².